The van der Waals surface area contributed by atoms with Crippen molar-refractivity contribution in [3.8, 4) is 0 Å². The fourth-order valence-electron chi connectivity index (χ4n) is 1.72. The third-order valence-corrected chi connectivity index (χ3v) is 2.91. The van der Waals surface area contributed by atoms with Gasteiger partial charge in [0.2, 0.25) is 0 Å². The van der Waals surface area contributed by atoms with Crippen LogP contribution in [0.2, 0.25) is 0 Å². The molecule has 16 heavy (non-hydrogen) atoms. The van der Waals surface area contributed by atoms with Gasteiger partial charge in [0.1, 0.15) is 0 Å². The Kier molecular flexibility index (Phi) is 2.81. The Bertz CT molecular complexity index is 554. The molecule has 4 heteroatoms. The molecule has 2 heterocycles. The second-order valence-electron chi connectivity index (χ2n) is 3.97. The van der Waals surface area contributed by atoms with Crippen molar-refractivity contribution in [3.63, 3.8) is 0 Å². The molecular weight excluding hydrogens is 204 g/mol. The number of rotatable bonds is 3. The summed E-state index contributed by atoms with van der Waals surface area (Å²) in [6, 6.07) is 3.83. The Hall–Kier alpha value is -1.58. The van der Waals surface area contributed by atoms with E-state index < -0.39 is 0 Å². The van der Waals surface area contributed by atoms with Crippen LogP contribution in [0.1, 0.15) is 38.9 Å². The molecule has 0 aromatic carbocycles. The van der Waals surface area contributed by atoms with Crippen LogP contribution in [0.15, 0.2) is 21.3 Å². The Labute approximate surface area is 93.9 Å². The van der Waals surface area contributed by atoms with Gasteiger partial charge in [0.15, 0.2) is 11.2 Å². The molecule has 0 saturated heterocycles. The van der Waals surface area contributed by atoms with Gasteiger partial charge in [-0.25, -0.2) is 9.78 Å². The van der Waals surface area contributed by atoms with E-state index in [2.05, 4.69) is 4.98 Å². The molecule has 0 aliphatic heterocycles. The minimum atomic E-state index is -0.315. The SMILES string of the molecule is CCc1ccc2oc(=O)n(C(C)CC)c2n1. The number of pyridine rings is 1. The van der Waals surface area contributed by atoms with E-state index in [0.717, 1.165) is 18.5 Å². The van der Waals surface area contributed by atoms with Crippen LogP contribution in [-0.4, -0.2) is 9.55 Å². The molecule has 0 radical (unpaired) electrons. The summed E-state index contributed by atoms with van der Waals surface area (Å²) in [5.74, 6) is -0.315. The van der Waals surface area contributed by atoms with E-state index in [9.17, 15) is 4.79 Å². The molecule has 1 atom stereocenters. The summed E-state index contributed by atoms with van der Waals surface area (Å²) in [4.78, 5) is 16.1. The third kappa shape index (κ3) is 1.64. The molecule has 1 unspecified atom stereocenters. The molecule has 0 saturated carbocycles. The van der Waals surface area contributed by atoms with Gasteiger partial charge in [-0.1, -0.05) is 13.8 Å². The molecular formula is C12H16N2O2. The monoisotopic (exact) mass is 220 g/mol. The Morgan fingerprint density at radius 1 is 1.44 bits per heavy atom. The lowest BCUT2D eigenvalue weighted by Gasteiger charge is -2.08. The zero-order valence-electron chi connectivity index (χ0n) is 9.86. The normalized spacial score (nSPS) is 13.2. The number of fused-ring (bicyclic) bond motifs is 1. The maximum atomic E-state index is 11.7. The number of aromatic nitrogens is 2. The van der Waals surface area contributed by atoms with Gasteiger partial charge in [-0.3, -0.25) is 4.57 Å². The first-order chi connectivity index (χ1) is 7.67. The summed E-state index contributed by atoms with van der Waals surface area (Å²) in [5, 5.41) is 0. The van der Waals surface area contributed by atoms with Gasteiger partial charge in [-0.05, 0) is 31.9 Å². The van der Waals surface area contributed by atoms with Crippen LogP contribution < -0.4 is 5.76 Å². The minimum Gasteiger partial charge on any atom is -0.406 e. The molecule has 2 aromatic heterocycles. The molecule has 0 N–H and O–H groups in total. The largest absolute Gasteiger partial charge is 0.421 e. The molecule has 0 bridgehead atoms. The van der Waals surface area contributed by atoms with Gasteiger partial charge in [-0.2, -0.15) is 0 Å². The lowest BCUT2D eigenvalue weighted by Crippen LogP contribution is -2.18. The maximum absolute atomic E-state index is 11.7. The summed E-state index contributed by atoms with van der Waals surface area (Å²) >= 11 is 0. The van der Waals surface area contributed by atoms with Crippen molar-refractivity contribution in [3.05, 3.63) is 28.4 Å². The molecule has 86 valence electrons. The van der Waals surface area contributed by atoms with Gasteiger partial charge >= 0.3 is 5.76 Å². The molecule has 4 nitrogen and oxygen atoms in total. The highest BCUT2D eigenvalue weighted by Gasteiger charge is 2.14. The summed E-state index contributed by atoms with van der Waals surface area (Å²) in [7, 11) is 0. The second kappa shape index (κ2) is 4.12. The van der Waals surface area contributed by atoms with E-state index >= 15 is 0 Å². The highest BCUT2D eigenvalue weighted by Crippen LogP contribution is 2.17. The van der Waals surface area contributed by atoms with Crippen molar-refractivity contribution >= 4 is 11.2 Å². The topological polar surface area (TPSA) is 48.0 Å². The van der Waals surface area contributed by atoms with Gasteiger partial charge in [0.05, 0.1) is 0 Å². The fraction of sp³-hybridized carbons (Fsp3) is 0.500. The molecule has 0 aliphatic rings. The van der Waals surface area contributed by atoms with E-state index in [-0.39, 0.29) is 11.8 Å². The van der Waals surface area contributed by atoms with E-state index in [1.54, 1.807) is 4.57 Å². The zero-order valence-corrected chi connectivity index (χ0v) is 9.86. The maximum Gasteiger partial charge on any atom is 0.421 e. The lowest BCUT2D eigenvalue weighted by molar-refractivity contribution is 0.451. The zero-order chi connectivity index (χ0) is 11.7. The highest BCUT2D eigenvalue weighted by molar-refractivity contribution is 5.68. The van der Waals surface area contributed by atoms with Crippen molar-refractivity contribution in [2.24, 2.45) is 0 Å². The van der Waals surface area contributed by atoms with Crippen LogP contribution in [0.25, 0.3) is 11.2 Å². The smallest absolute Gasteiger partial charge is 0.406 e. The van der Waals surface area contributed by atoms with Crippen molar-refractivity contribution < 1.29 is 4.42 Å². The minimum absolute atomic E-state index is 0.119. The van der Waals surface area contributed by atoms with Gasteiger partial charge < -0.3 is 4.42 Å². The number of nitrogens with zero attached hydrogens (tertiary/aromatic N) is 2. The van der Waals surface area contributed by atoms with Crippen LogP contribution in [0.3, 0.4) is 0 Å². The Morgan fingerprint density at radius 3 is 2.81 bits per heavy atom. The number of hydrogen-bond donors (Lipinski definition) is 0. The van der Waals surface area contributed by atoms with Crippen LogP contribution >= 0.6 is 0 Å². The summed E-state index contributed by atoms with van der Waals surface area (Å²) < 4.78 is 6.80. The highest BCUT2D eigenvalue weighted by atomic mass is 16.4. The standard InChI is InChI=1S/C12H16N2O2/c1-4-8(3)14-11-10(16-12(14)15)7-6-9(5-2)13-11/h6-8H,4-5H2,1-3H3. The molecule has 0 spiro atoms. The van der Waals surface area contributed by atoms with Crippen molar-refractivity contribution in [2.45, 2.75) is 39.7 Å². The Balaban J connectivity index is 2.70. The predicted molar refractivity (Wildman–Crippen MR) is 62.6 cm³/mol. The summed E-state index contributed by atoms with van der Waals surface area (Å²) in [6.45, 7) is 6.08. The van der Waals surface area contributed by atoms with E-state index in [0.29, 0.717) is 11.2 Å². The van der Waals surface area contributed by atoms with E-state index in [1.165, 1.54) is 0 Å². The second-order valence-corrected chi connectivity index (χ2v) is 3.97. The number of hydrogen-bond acceptors (Lipinski definition) is 3. The van der Waals surface area contributed by atoms with E-state index in [4.69, 9.17) is 4.42 Å². The number of oxazole rings is 1. The summed E-state index contributed by atoms with van der Waals surface area (Å²) in [6.07, 6.45) is 1.74. The van der Waals surface area contributed by atoms with Crippen molar-refractivity contribution in [1.82, 2.24) is 9.55 Å². The quantitative estimate of drug-likeness (QED) is 0.798. The summed E-state index contributed by atoms with van der Waals surface area (Å²) in [5.41, 5.74) is 2.21. The van der Waals surface area contributed by atoms with Crippen LogP contribution in [-0.2, 0) is 6.42 Å². The molecule has 0 aliphatic carbocycles. The fourth-order valence-corrected chi connectivity index (χ4v) is 1.72. The van der Waals surface area contributed by atoms with Gasteiger partial charge in [-0.15, -0.1) is 0 Å². The predicted octanol–water partition coefficient (Wildman–Crippen LogP) is 2.52. The lowest BCUT2D eigenvalue weighted by atomic mass is 10.2. The van der Waals surface area contributed by atoms with Crippen LogP contribution in [0.4, 0.5) is 0 Å². The van der Waals surface area contributed by atoms with Crippen molar-refractivity contribution in [2.75, 3.05) is 0 Å². The van der Waals surface area contributed by atoms with Gasteiger partial charge in [0.25, 0.3) is 0 Å². The van der Waals surface area contributed by atoms with Crippen LogP contribution in [0, 0.1) is 0 Å². The third-order valence-electron chi connectivity index (χ3n) is 2.91. The molecule has 2 aromatic rings. The first kappa shape index (κ1) is 10.9. The average Bonchev–Trinajstić information content (AvgIpc) is 2.63. The Morgan fingerprint density at radius 2 is 2.19 bits per heavy atom. The van der Waals surface area contributed by atoms with Crippen LogP contribution in [0.5, 0.6) is 0 Å². The average molecular weight is 220 g/mol. The van der Waals surface area contributed by atoms with Gasteiger partial charge in [0, 0.05) is 11.7 Å². The first-order valence-electron chi connectivity index (χ1n) is 5.68. The molecule has 0 amide bonds. The van der Waals surface area contributed by atoms with Crippen molar-refractivity contribution in [1.29, 1.82) is 0 Å². The molecule has 0 fully saturated rings. The molecule has 2 rings (SSSR count). The first-order valence-corrected chi connectivity index (χ1v) is 5.68. The number of aryl methyl sites for hydroxylation is 1. The van der Waals surface area contributed by atoms with E-state index in [1.807, 2.05) is 32.9 Å².